The molecular formula is C16H21N2O2S+. The Bertz CT molecular complexity index is 570. The number of rotatable bonds is 5. The van der Waals surface area contributed by atoms with E-state index in [0.717, 1.165) is 29.0 Å². The van der Waals surface area contributed by atoms with Crippen LogP contribution in [-0.4, -0.2) is 19.3 Å². The summed E-state index contributed by atoms with van der Waals surface area (Å²) >= 11 is 0.560. The van der Waals surface area contributed by atoms with Crippen molar-refractivity contribution >= 4 is 18.4 Å². The van der Waals surface area contributed by atoms with Crippen molar-refractivity contribution in [1.82, 2.24) is 5.32 Å². The molecule has 1 aromatic rings. The van der Waals surface area contributed by atoms with Crippen LogP contribution in [-0.2, 0) is 22.3 Å². The Morgan fingerprint density at radius 2 is 2.33 bits per heavy atom. The minimum atomic E-state index is 0.462. The summed E-state index contributed by atoms with van der Waals surface area (Å²) in [5, 5.41) is 7.12. The summed E-state index contributed by atoms with van der Waals surface area (Å²) < 4.78 is 11.4. The fourth-order valence-electron chi connectivity index (χ4n) is 3.60. The van der Waals surface area contributed by atoms with Crippen molar-refractivity contribution in [3.8, 4) is 5.75 Å². The summed E-state index contributed by atoms with van der Waals surface area (Å²) in [7, 11) is 0. The highest BCUT2D eigenvalue weighted by atomic mass is 32.1. The third-order valence-electron chi connectivity index (χ3n) is 4.94. The first kappa shape index (κ1) is 14.6. The molecule has 1 N–H and O–H groups in total. The van der Waals surface area contributed by atoms with Gasteiger partial charge in [0.25, 0.3) is 4.90 Å². The first-order valence-electron chi connectivity index (χ1n) is 7.45. The van der Waals surface area contributed by atoms with Crippen molar-refractivity contribution in [2.45, 2.75) is 50.0 Å². The highest BCUT2D eigenvalue weighted by Gasteiger charge is 2.43. The average molecular weight is 305 g/mol. The molecule has 5 heteroatoms. The van der Waals surface area contributed by atoms with Gasteiger partial charge in [-0.2, -0.15) is 0 Å². The number of hydrogen-bond acceptors (Lipinski definition) is 4. The number of benzene rings is 1. The Balaban J connectivity index is 1.78. The summed E-state index contributed by atoms with van der Waals surface area (Å²) in [5.41, 5.74) is 2.51. The average Bonchev–Trinajstić information content (AvgIpc) is 2.87. The molecule has 1 saturated heterocycles. The second kappa shape index (κ2) is 5.81. The highest BCUT2D eigenvalue weighted by molar-refractivity contribution is 7.65. The highest BCUT2D eigenvalue weighted by Crippen LogP contribution is 2.47. The van der Waals surface area contributed by atoms with Crippen LogP contribution in [0.5, 0.6) is 5.75 Å². The molecule has 112 valence electrons. The van der Waals surface area contributed by atoms with Gasteiger partial charge in [-0.3, -0.25) is 0 Å². The van der Waals surface area contributed by atoms with E-state index in [1.54, 1.807) is 0 Å². The van der Waals surface area contributed by atoms with E-state index in [1.807, 2.05) is 19.1 Å². The molecule has 0 aromatic heterocycles. The zero-order chi connectivity index (χ0) is 14.9. The number of hydrogen-bond donors (Lipinski definition) is 1. The van der Waals surface area contributed by atoms with E-state index >= 15 is 0 Å². The van der Waals surface area contributed by atoms with Gasteiger partial charge in [-0.05, 0) is 44.1 Å². The molecule has 21 heavy (non-hydrogen) atoms. The predicted molar refractivity (Wildman–Crippen MR) is 84.1 cm³/mol. The Labute approximate surface area is 129 Å². The van der Waals surface area contributed by atoms with Crippen LogP contribution in [0.25, 0.3) is 0 Å². The van der Waals surface area contributed by atoms with Crippen LogP contribution in [0.2, 0.25) is 0 Å². The zero-order valence-corrected chi connectivity index (χ0v) is 13.2. The van der Waals surface area contributed by atoms with E-state index in [9.17, 15) is 4.21 Å². The molecule has 1 spiro atoms. The lowest BCUT2D eigenvalue weighted by molar-refractivity contribution is 0.158. The van der Waals surface area contributed by atoms with Gasteiger partial charge in [0.2, 0.25) is 0 Å². The summed E-state index contributed by atoms with van der Waals surface area (Å²) in [6.45, 7) is 6.40. The van der Waals surface area contributed by atoms with Crippen LogP contribution < -0.4 is 10.2 Å². The molecule has 1 atom stereocenters. The molecule has 1 saturated carbocycles. The van der Waals surface area contributed by atoms with Crippen molar-refractivity contribution in [3.63, 3.8) is 0 Å². The topological polar surface area (TPSA) is 50.7 Å². The van der Waals surface area contributed by atoms with Crippen LogP contribution in [0.4, 0.5) is 0 Å². The van der Waals surface area contributed by atoms with E-state index in [1.165, 1.54) is 25.7 Å². The maximum absolute atomic E-state index is 11.4. The van der Waals surface area contributed by atoms with Gasteiger partial charge < -0.3 is 10.2 Å². The monoisotopic (exact) mass is 305 g/mol. The molecule has 0 radical (unpaired) electrons. The largest absolute Gasteiger partial charge is 0.505 e. The number of nitrogens with zero attached hydrogens (tertiary/aromatic N) is 1. The molecule has 1 aliphatic carbocycles. The Morgan fingerprint density at radius 3 is 2.90 bits per heavy atom. The summed E-state index contributed by atoms with van der Waals surface area (Å²) in [6, 6.07) is 4.29. The Hall–Kier alpha value is -1.33. The molecule has 2 fully saturated rings. The molecule has 1 heterocycles. The molecule has 1 aromatic carbocycles. The summed E-state index contributed by atoms with van der Waals surface area (Å²) in [6.07, 6.45) is 6.16. The lowest BCUT2D eigenvalue weighted by Gasteiger charge is -2.37. The molecule has 0 amide bonds. The fraction of sp³-hybridized carbons (Fsp3) is 0.562. The van der Waals surface area contributed by atoms with Gasteiger partial charge in [-0.25, -0.2) is 0 Å². The third-order valence-corrected chi connectivity index (χ3v) is 5.50. The Morgan fingerprint density at radius 1 is 1.52 bits per heavy atom. The van der Waals surface area contributed by atoms with Gasteiger partial charge in [0, 0.05) is 40.7 Å². The maximum Gasteiger partial charge on any atom is 0.505 e. The third kappa shape index (κ3) is 2.85. The molecule has 3 rings (SSSR count). The van der Waals surface area contributed by atoms with E-state index in [-0.39, 0.29) is 0 Å². The molecule has 1 aliphatic heterocycles. The van der Waals surface area contributed by atoms with Crippen molar-refractivity contribution in [3.05, 3.63) is 23.3 Å². The van der Waals surface area contributed by atoms with Crippen molar-refractivity contribution in [2.24, 2.45) is 10.6 Å². The standard InChI is InChI=1S/C16H21N2O2S/c1-11-6-15(21-19)12(8-14(11)20-17-2)7-13-9-16(10-18-13)4-3-5-16/h6,8,13,18H,2-5,7,9-10H2,1H3/q+1. The van der Waals surface area contributed by atoms with E-state index in [2.05, 4.69) is 17.2 Å². The van der Waals surface area contributed by atoms with Gasteiger partial charge in [0.05, 0.1) is 0 Å². The Kier molecular flexibility index (Phi) is 4.04. The molecule has 0 bridgehead atoms. The maximum atomic E-state index is 11.4. The minimum absolute atomic E-state index is 0.462. The van der Waals surface area contributed by atoms with Crippen molar-refractivity contribution in [1.29, 1.82) is 0 Å². The number of nitrogens with one attached hydrogen (secondary N) is 1. The van der Waals surface area contributed by atoms with E-state index in [4.69, 9.17) is 4.84 Å². The van der Waals surface area contributed by atoms with Gasteiger partial charge >= 0.3 is 11.7 Å². The molecular weight excluding hydrogens is 284 g/mol. The zero-order valence-electron chi connectivity index (χ0n) is 12.4. The van der Waals surface area contributed by atoms with E-state index in [0.29, 0.717) is 28.9 Å². The fourth-order valence-corrected chi connectivity index (χ4v) is 4.08. The van der Waals surface area contributed by atoms with Crippen LogP contribution in [0.3, 0.4) is 0 Å². The normalized spacial score (nSPS) is 22.8. The summed E-state index contributed by atoms with van der Waals surface area (Å²) in [5.74, 6) is 0.689. The van der Waals surface area contributed by atoms with Crippen LogP contribution in [0.1, 0.15) is 36.8 Å². The van der Waals surface area contributed by atoms with Gasteiger partial charge in [-0.15, -0.1) is 0 Å². The van der Waals surface area contributed by atoms with Gasteiger partial charge in [0.15, 0.2) is 5.75 Å². The SMILES string of the molecule is C=NOc1cc(CC2CC3(CCC3)CN2)c([S+]=O)cc1C. The first-order chi connectivity index (χ1) is 10.2. The van der Waals surface area contributed by atoms with Crippen molar-refractivity contribution < 1.29 is 9.05 Å². The van der Waals surface area contributed by atoms with Gasteiger partial charge in [-0.1, -0.05) is 11.6 Å². The second-order valence-corrected chi connectivity index (χ2v) is 6.98. The molecule has 2 aliphatic rings. The minimum Gasteiger partial charge on any atom is -0.357 e. The summed E-state index contributed by atoms with van der Waals surface area (Å²) in [4.78, 5) is 5.99. The van der Waals surface area contributed by atoms with Gasteiger partial charge in [0.1, 0.15) is 0 Å². The van der Waals surface area contributed by atoms with Crippen LogP contribution in [0, 0.1) is 12.3 Å². The van der Waals surface area contributed by atoms with Crippen LogP contribution in [0.15, 0.2) is 22.2 Å². The number of oxime groups is 1. The van der Waals surface area contributed by atoms with Crippen LogP contribution >= 0.6 is 0 Å². The molecule has 1 unspecified atom stereocenters. The smallest absolute Gasteiger partial charge is 0.357 e. The lowest BCUT2D eigenvalue weighted by atomic mass is 9.67. The molecule has 4 nitrogen and oxygen atoms in total. The lowest BCUT2D eigenvalue weighted by Crippen LogP contribution is -2.31. The van der Waals surface area contributed by atoms with Crippen molar-refractivity contribution in [2.75, 3.05) is 6.54 Å². The van der Waals surface area contributed by atoms with E-state index < -0.39 is 0 Å². The quantitative estimate of drug-likeness (QED) is 0.517. The number of aryl methyl sites for hydroxylation is 1. The second-order valence-electron chi connectivity index (χ2n) is 6.37. The predicted octanol–water partition coefficient (Wildman–Crippen LogP) is 2.85. The first-order valence-corrected chi connectivity index (χ1v) is 8.20.